The fourth-order valence-electron chi connectivity index (χ4n) is 3.02. The summed E-state index contributed by atoms with van der Waals surface area (Å²) in [6.45, 7) is 9.34. The molecule has 0 spiro atoms. The van der Waals surface area contributed by atoms with Crippen LogP contribution >= 0.6 is 12.2 Å². The molecule has 0 fully saturated rings. The van der Waals surface area contributed by atoms with Crippen molar-refractivity contribution in [2.45, 2.75) is 45.6 Å². The van der Waals surface area contributed by atoms with E-state index in [0.717, 1.165) is 17.9 Å². The van der Waals surface area contributed by atoms with Gasteiger partial charge in [0.15, 0.2) is 5.11 Å². The molecule has 3 nitrogen and oxygen atoms in total. The predicted octanol–water partition coefficient (Wildman–Crippen LogP) is 5.13. The Hall–Kier alpha value is -2.07. The van der Waals surface area contributed by atoms with E-state index in [-0.39, 0.29) is 11.5 Å². The van der Waals surface area contributed by atoms with Crippen molar-refractivity contribution in [3.05, 3.63) is 60.2 Å². The zero-order valence-corrected chi connectivity index (χ0v) is 16.3. The van der Waals surface area contributed by atoms with Crippen molar-refractivity contribution < 1.29 is 4.74 Å². The van der Waals surface area contributed by atoms with E-state index in [0.29, 0.717) is 11.7 Å². The van der Waals surface area contributed by atoms with Gasteiger partial charge in [-0.25, -0.2) is 0 Å². The number of nitrogens with one attached hydrogen (secondary N) is 2. The summed E-state index contributed by atoms with van der Waals surface area (Å²) in [6.07, 6.45) is 0.988. The van der Waals surface area contributed by atoms with Crippen LogP contribution in [0.4, 0.5) is 5.69 Å². The van der Waals surface area contributed by atoms with Crippen LogP contribution in [-0.4, -0.2) is 17.8 Å². The summed E-state index contributed by atoms with van der Waals surface area (Å²) in [5, 5.41) is 7.25. The maximum atomic E-state index is 5.45. The van der Waals surface area contributed by atoms with Crippen molar-refractivity contribution in [3.63, 3.8) is 0 Å². The number of thiocarbonyl (C=S) groups is 1. The van der Waals surface area contributed by atoms with E-state index in [2.05, 4.69) is 61.7 Å². The first-order valence-electron chi connectivity index (χ1n) is 8.76. The Morgan fingerprint density at radius 3 is 2.32 bits per heavy atom. The maximum Gasteiger partial charge on any atom is 0.170 e. The van der Waals surface area contributed by atoms with E-state index in [4.69, 9.17) is 17.0 Å². The minimum Gasteiger partial charge on any atom is -0.494 e. The Morgan fingerprint density at radius 1 is 1.08 bits per heavy atom. The van der Waals surface area contributed by atoms with Crippen LogP contribution in [0.3, 0.4) is 0 Å². The molecule has 0 aliphatic heterocycles. The Morgan fingerprint density at radius 2 is 1.72 bits per heavy atom. The van der Waals surface area contributed by atoms with Gasteiger partial charge in [0.2, 0.25) is 0 Å². The lowest BCUT2D eigenvalue weighted by atomic mass is 9.79. The van der Waals surface area contributed by atoms with Crippen LogP contribution in [0.25, 0.3) is 0 Å². The van der Waals surface area contributed by atoms with Gasteiger partial charge in [-0.1, -0.05) is 44.2 Å². The zero-order valence-electron chi connectivity index (χ0n) is 15.5. The summed E-state index contributed by atoms with van der Waals surface area (Å²) in [6, 6.07) is 18.7. The van der Waals surface area contributed by atoms with E-state index in [1.54, 1.807) is 0 Å². The molecule has 2 rings (SSSR count). The highest BCUT2D eigenvalue weighted by atomic mass is 32.1. The summed E-state index contributed by atoms with van der Waals surface area (Å²) in [7, 11) is 0. The van der Waals surface area contributed by atoms with E-state index < -0.39 is 0 Å². The monoisotopic (exact) mass is 356 g/mol. The molecule has 1 atom stereocenters. The van der Waals surface area contributed by atoms with Crippen LogP contribution in [0.2, 0.25) is 0 Å². The van der Waals surface area contributed by atoms with Gasteiger partial charge in [-0.2, -0.15) is 0 Å². The first-order chi connectivity index (χ1) is 11.9. The number of ether oxygens (including phenoxy) is 1. The second-order valence-electron chi connectivity index (χ2n) is 6.91. The molecule has 0 aliphatic rings. The predicted molar refractivity (Wildman–Crippen MR) is 111 cm³/mol. The molecule has 134 valence electrons. The van der Waals surface area contributed by atoms with E-state index >= 15 is 0 Å². The number of benzene rings is 2. The lowest BCUT2D eigenvalue weighted by Crippen LogP contribution is -2.39. The fraction of sp³-hybridized carbons (Fsp3) is 0.381. The fourth-order valence-corrected chi connectivity index (χ4v) is 3.33. The van der Waals surface area contributed by atoms with Gasteiger partial charge in [-0.3, -0.25) is 0 Å². The molecular weight excluding hydrogens is 328 g/mol. The molecule has 0 aromatic heterocycles. The minimum absolute atomic E-state index is 0.0857. The summed E-state index contributed by atoms with van der Waals surface area (Å²) >= 11 is 5.45. The van der Waals surface area contributed by atoms with Crippen LogP contribution < -0.4 is 15.4 Å². The van der Waals surface area contributed by atoms with Gasteiger partial charge in [-0.05, 0) is 67.7 Å². The smallest absolute Gasteiger partial charge is 0.170 e. The highest BCUT2D eigenvalue weighted by Gasteiger charge is 2.23. The number of hydrogen-bond acceptors (Lipinski definition) is 2. The Bertz CT molecular complexity index is 668. The third kappa shape index (κ3) is 6.05. The summed E-state index contributed by atoms with van der Waals surface area (Å²) in [5.41, 5.74) is 2.38. The summed E-state index contributed by atoms with van der Waals surface area (Å²) in [5.74, 6) is 0.866. The number of anilines is 1. The quantitative estimate of drug-likeness (QED) is 0.674. The average molecular weight is 357 g/mol. The molecule has 0 saturated heterocycles. The summed E-state index contributed by atoms with van der Waals surface area (Å²) in [4.78, 5) is 0. The molecule has 2 aromatic rings. The normalized spacial score (nSPS) is 12.3. The van der Waals surface area contributed by atoms with Crippen LogP contribution in [0.15, 0.2) is 54.6 Å². The van der Waals surface area contributed by atoms with Gasteiger partial charge in [-0.15, -0.1) is 0 Å². The summed E-state index contributed by atoms with van der Waals surface area (Å²) < 4.78 is 5.45. The standard InChI is InChI=1S/C21H28N2OS/c1-5-24-19-13-11-18(12-14-19)23-20(25)22-16(2)15-21(3,4)17-9-7-6-8-10-17/h6-14,16H,5,15H2,1-4H3,(H2,22,23,25)/t16-/m1/s1. The molecule has 25 heavy (non-hydrogen) atoms. The van der Waals surface area contributed by atoms with E-state index in [1.165, 1.54) is 5.56 Å². The van der Waals surface area contributed by atoms with Gasteiger partial charge >= 0.3 is 0 Å². The topological polar surface area (TPSA) is 33.3 Å². The highest BCUT2D eigenvalue weighted by molar-refractivity contribution is 7.80. The van der Waals surface area contributed by atoms with E-state index in [1.807, 2.05) is 31.2 Å². The van der Waals surface area contributed by atoms with Crippen molar-refractivity contribution >= 4 is 23.0 Å². The van der Waals surface area contributed by atoms with Crippen LogP contribution in [-0.2, 0) is 5.41 Å². The molecule has 0 unspecified atom stereocenters. The molecule has 0 saturated carbocycles. The van der Waals surface area contributed by atoms with Gasteiger partial charge in [0, 0.05) is 11.7 Å². The Balaban J connectivity index is 1.87. The molecule has 0 heterocycles. The number of rotatable bonds is 7. The van der Waals surface area contributed by atoms with Gasteiger partial charge < -0.3 is 15.4 Å². The second kappa shape index (κ2) is 8.86. The van der Waals surface area contributed by atoms with Gasteiger partial charge in [0.1, 0.15) is 5.75 Å². The average Bonchev–Trinajstić information content (AvgIpc) is 2.57. The molecule has 0 bridgehead atoms. The van der Waals surface area contributed by atoms with Gasteiger partial charge in [0.05, 0.1) is 6.61 Å². The SMILES string of the molecule is CCOc1ccc(NC(=S)N[C@H](C)CC(C)(C)c2ccccc2)cc1. The van der Waals surface area contributed by atoms with Crippen LogP contribution in [0.5, 0.6) is 5.75 Å². The largest absolute Gasteiger partial charge is 0.494 e. The third-order valence-electron chi connectivity index (χ3n) is 4.17. The second-order valence-corrected chi connectivity index (χ2v) is 7.32. The Kier molecular flexibility index (Phi) is 6.82. The third-order valence-corrected chi connectivity index (χ3v) is 4.39. The molecule has 0 amide bonds. The maximum absolute atomic E-state index is 5.45. The Labute approximate surface area is 156 Å². The van der Waals surface area contributed by atoms with Crippen molar-refractivity contribution in [1.29, 1.82) is 0 Å². The lowest BCUT2D eigenvalue weighted by molar-refractivity contribution is 0.340. The van der Waals surface area contributed by atoms with Crippen molar-refractivity contribution in [2.75, 3.05) is 11.9 Å². The first kappa shape index (κ1) is 19.3. The number of hydrogen-bond donors (Lipinski definition) is 2. The van der Waals surface area contributed by atoms with Crippen LogP contribution in [0, 0.1) is 0 Å². The highest BCUT2D eigenvalue weighted by Crippen LogP contribution is 2.28. The van der Waals surface area contributed by atoms with Crippen molar-refractivity contribution in [3.8, 4) is 5.75 Å². The van der Waals surface area contributed by atoms with Gasteiger partial charge in [0.25, 0.3) is 0 Å². The molecule has 0 radical (unpaired) electrons. The molecule has 4 heteroatoms. The molecule has 2 aromatic carbocycles. The van der Waals surface area contributed by atoms with E-state index in [9.17, 15) is 0 Å². The lowest BCUT2D eigenvalue weighted by Gasteiger charge is -2.29. The van der Waals surface area contributed by atoms with Crippen LogP contribution in [0.1, 0.15) is 39.7 Å². The molecule has 2 N–H and O–H groups in total. The zero-order chi connectivity index (χ0) is 18.3. The molecule has 0 aliphatic carbocycles. The molecular formula is C21H28N2OS. The van der Waals surface area contributed by atoms with Crippen molar-refractivity contribution in [1.82, 2.24) is 5.32 Å². The minimum atomic E-state index is 0.0857. The van der Waals surface area contributed by atoms with Crippen molar-refractivity contribution in [2.24, 2.45) is 0 Å². The first-order valence-corrected chi connectivity index (χ1v) is 9.17.